The van der Waals surface area contributed by atoms with Crippen molar-refractivity contribution in [1.82, 2.24) is 0 Å². The van der Waals surface area contributed by atoms with Crippen molar-refractivity contribution in [3.63, 3.8) is 0 Å². The van der Waals surface area contributed by atoms with Gasteiger partial charge in [0, 0.05) is 13.0 Å². The summed E-state index contributed by atoms with van der Waals surface area (Å²) in [6.07, 6.45) is 3.16. The normalized spacial score (nSPS) is 10.5. The van der Waals surface area contributed by atoms with Gasteiger partial charge in [-0.15, -0.1) is 0 Å². The molecule has 0 saturated heterocycles. The van der Waals surface area contributed by atoms with Crippen LogP contribution >= 0.6 is 0 Å². The maximum absolute atomic E-state index is 12.3. The van der Waals surface area contributed by atoms with E-state index < -0.39 is 5.97 Å². The van der Waals surface area contributed by atoms with Crippen LogP contribution in [0.3, 0.4) is 0 Å². The maximum atomic E-state index is 12.3. The zero-order chi connectivity index (χ0) is 15.9. The molecule has 0 radical (unpaired) electrons. The summed E-state index contributed by atoms with van der Waals surface area (Å²) in [6.45, 7) is 1.29. The molecule has 0 amide bonds. The lowest BCUT2D eigenvalue weighted by atomic mass is 10.1. The van der Waals surface area contributed by atoms with Gasteiger partial charge in [0.1, 0.15) is 11.5 Å². The third kappa shape index (κ3) is 4.06. The largest absolute Gasteiger partial charge is 0.497 e. The van der Waals surface area contributed by atoms with Crippen molar-refractivity contribution in [3.05, 3.63) is 65.7 Å². The van der Waals surface area contributed by atoms with Crippen LogP contribution in [0.15, 0.2) is 54.6 Å². The molecule has 2 rings (SSSR count). The van der Waals surface area contributed by atoms with E-state index in [9.17, 15) is 9.59 Å². The monoisotopic (exact) mass is 296 g/mol. The summed E-state index contributed by atoms with van der Waals surface area (Å²) in [4.78, 5) is 23.5. The first kappa shape index (κ1) is 15.5. The van der Waals surface area contributed by atoms with E-state index in [0.29, 0.717) is 11.3 Å². The van der Waals surface area contributed by atoms with Crippen LogP contribution in [-0.2, 0) is 4.79 Å². The highest BCUT2D eigenvalue weighted by atomic mass is 16.5. The molecule has 0 heterocycles. The van der Waals surface area contributed by atoms with E-state index in [-0.39, 0.29) is 11.5 Å². The number of rotatable bonds is 5. The molecular weight excluding hydrogens is 280 g/mol. The summed E-state index contributed by atoms with van der Waals surface area (Å²) in [5, 5.41) is 0. The van der Waals surface area contributed by atoms with Crippen LogP contribution in [0, 0.1) is 0 Å². The minimum Gasteiger partial charge on any atom is -0.497 e. The van der Waals surface area contributed by atoms with Crippen LogP contribution in [-0.4, -0.2) is 18.9 Å². The lowest BCUT2D eigenvalue weighted by Gasteiger charge is -2.08. The van der Waals surface area contributed by atoms with E-state index in [1.165, 1.54) is 26.2 Å². The summed E-state index contributed by atoms with van der Waals surface area (Å²) >= 11 is 0. The van der Waals surface area contributed by atoms with Crippen molar-refractivity contribution in [2.24, 2.45) is 0 Å². The highest BCUT2D eigenvalue weighted by Crippen LogP contribution is 2.26. The fraction of sp³-hybridized carbons (Fsp3) is 0.111. The van der Waals surface area contributed by atoms with Crippen LogP contribution in [0.25, 0.3) is 6.08 Å². The molecule has 0 spiro atoms. The minimum atomic E-state index is -0.491. The van der Waals surface area contributed by atoms with Crippen molar-refractivity contribution in [2.75, 3.05) is 7.11 Å². The molecule has 2 aromatic rings. The number of allylic oxidation sites excluding steroid dienone is 1. The van der Waals surface area contributed by atoms with Crippen LogP contribution in [0.1, 0.15) is 22.8 Å². The molecular formula is C18H16O4. The van der Waals surface area contributed by atoms with Gasteiger partial charge in [-0.05, 0) is 23.8 Å². The summed E-state index contributed by atoms with van der Waals surface area (Å²) in [7, 11) is 1.50. The van der Waals surface area contributed by atoms with Crippen LogP contribution < -0.4 is 9.47 Å². The molecule has 2 aromatic carbocycles. The number of carbonyl (C=O) groups is 2. The predicted octanol–water partition coefficient (Wildman–Crippen LogP) is 3.52. The molecule has 0 bridgehead atoms. The van der Waals surface area contributed by atoms with Crippen LogP contribution in [0.4, 0.5) is 0 Å². The van der Waals surface area contributed by atoms with E-state index in [1.807, 2.05) is 30.3 Å². The van der Waals surface area contributed by atoms with Gasteiger partial charge in [0.2, 0.25) is 0 Å². The lowest BCUT2D eigenvalue weighted by molar-refractivity contribution is -0.131. The number of benzene rings is 2. The van der Waals surface area contributed by atoms with Gasteiger partial charge < -0.3 is 9.47 Å². The second-order valence-electron chi connectivity index (χ2n) is 4.56. The highest BCUT2D eigenvalue weighted by Gasteiger charge is 2.13. The Labute approximate surface area is 129 Å². The first-order valence-corrected chi connectivity index (χ1v) is 6.74. The van der Waals surface area contributed by atoms with Crippen molar-refractivity contribution >= 4 is 17.8 Å². The van der Waals surface area contributed by atoms with Gasteiger partial charge >= 0.3 is 5.97 Å². The molecule has 0 saturated carbocycles. The van der Waals surface area contributed by atoms with Crippen molar-refractivity contribution in [3.8, 4) is 11.5 Å². The Kier molecular flexibility index (Phi) is 5.09. The Balaban J connectivity index is 2.28. The Morgan fingerprint density at radius 3 is 2.41 bits per heavy atom. The first-order valence-electron chi connectivity index (χ1n) is 6.74. The molecule has 4 heteroatoms. The van der Waals surface area contributed by atoms with Gasteiger partial charge in [0.25, 0.3) is 0 Å². The van der Waals surface area contributed by atoms with Gasteiger partial charge in [0.15, 0.2) is 5.78 Å². The number of hydrogen-bond donors (Lipinski definition) is 0. The fourth-order valence-electron chi connectivity index (χ4n) is 1.90. The topological polar surface area (TPSA) is 52.6 Å². The molecule has 0 aromatic heterocycles. The Morgan fingerprint density at radius 1 is 1.05 bits per heavy atom. The average Bonchev–Trinajstić information content (AvgIpc) is 2.53. The highest BCUT2D eigenvalue weighted by molar-refractivity contribution is 6.09. The van der Waals surface area contributed by atoms with Gasteiger partial charge in [0.05, 0.1) is 12.7 Å². The number of methoxy groups -OCH3 is 1. The molecule has 0 fully saturated rings. The van der Waals surface area contributed by atoms with Crippen molar-refractivity contribution in [2.45, 2.75) is 6.92 Å². The van der Waals surface area contributed by atoms with E-state index in [4.69, 9.17) is 9.47 Å². The van der Waals surface area contributed by atoms with Gasteiger partial charge in [-0.1, -0.05) is 36.4 Å². The maximum Gasteiger partial charge on any atom is 0.308 e. The van der Waals surface area contributed by atoms with E-state index in [1.54, 1.807) is 18.2 Å². The fourth-order valence-corrected chi connectivity index (χ4v) is 1.90. The van der Waals surface area contributed by atoms with E-state index >= 15 is 0 Å². The Bertz CT molecular complexity index is 702. The molecule has 0 aliphatic heterocycles. The van der Waals surface area contributed by atoms with Crippen LogP contribution in [0.5, 0.6) is 11.5 Å². The minimum absolute atomic E-state index is 0.189. The number of hydrogen-bond acceptors (Lipinski definition) is 4. The summed E-state index contributed by atoms with van der Waals surface area (Å²) in [5.74, 6) is -0.0356. The summed E-state index contributed by atoms with van der Waals surface area (Å²) < 4.78 is 10.2. The predicted molar refractivity (Wildman–Crippen MR) is 84.1 cm³/mol. The number of carbonyl (C=O) groups excluding carboxylic acids is 2. The van der Waals surface area contributed by atoms with Gasteiger partial charge in [-0.2, -0.15) is 0 Å². The van der Waals surface area contributed by atoms with Crippen molar-refractivity contribution in [1.29, 1.82) is 0 Å². The smallest absolute Gasteiger partial charge is 0.308 e. The second-order valence-corrected chi connectivity index (χ2v) is 4.56. The second kappa shape index (κ2) is 7.22. The number of esters is 1. The first-order chi connectivity index (χ1) is 10.6. The molecule has 0 N–H and O–H groups in total. The van der Waals surface area contributed by atoms with Crippen LogP contribution in [0.2, 0.25) is 0 Å². The van der Waals surface area contributed by atoms with E-state index in [0.717, 1.165) is 5.56 Å². The molecule has 0 atom stereocenters. The molecule has 22 heavy (non-hydrogen) atoms. The Hall–Kier alpha value is -2.88. The number of ether oxygens (including phenoxy) is 2. The van der Waals surface area contributed by atoms with Gasteiger partial charge in [-0.25, -0.2) is 0 Å². The summed E-state index contributed by atoms with van der Waals surface area (Å²) in [5.41, 5.74) is 1.22. The van der Waals surface area contributed by atoms with Crippen molar-refractivity contribution < 1.29 is 19.1 Å². The third-order valence-electron chi connectivity index (χ3n) is 2.93. The molecule has 0 aliphatic carbocycles. The summed E-state index contributed by atoms with van der Waals surface area (Å²) in [6, 6.07) is 14.2. The quantitative estimate of drug-likeness (QED) is 0.367. The Morgan fingerprint density at radius 2 is 1.77 bits per heavy atom. The molecule has 112 valence electrons. The standard InChI is InChI=1S/C18H16O4/c1-13(19)22-18-12-15(21-2)9-10-16(18)17(20)11-8-14-6-4-3-5-7-14/h3-12H,1-2H3/b11-8+. The molecule has 4 nitrogen and oxygen atoms in total. The molecule has 0 unspecified atom stereocenters. The zero-order valence-corrected chi connectivity index (χ0v) is 12.4. The molecule has 0 aliphatic rings. The SMILES string of the molecule is COc1ccc(C(=O)/C=C/c2ccccc2)c(OC(C)=O)c1. The third-order valence-corrected chi connectivity index (χ3v) is 2.93. The van der Waals surface area contributed by atoms with Gasteiger partial charge in [-0.3, -0.25) is 9.59 Å². The zero-order valence-electron chi connectivity index (χ0n) is 12.4. The number of ketones is 1. The van der Waals surface area contributed by atoms with E-state index in [2.05, 4.69) is 0 Å². The average molecular weight is 296 g/mol. The lowest BCUT2D eigenvalue weighted by Crippen LogP contribution is -2.06.